The van der Waals surface area contributed by atoms with Gasteiger partial charge in [0.1, 0.15) is 0 Å². The van der Waals surface area contributed by atoms with E-state index in [9.17, 15) is 0 Å². The standard InChI is InChI=1S/C14H25BrN4/c1-5-12-14(15)13(19(4)16-12)10-18(3)11-7-6-8-17(2)9-11/h11H,5-10H2,1-4H3. The smallest absolute Gasteiger partial charge is 0.0767 e. The normalized spacial score (nSPS) is 21.3. The van der Waals surface area contributed by atoms with Crippen molar-refractivity contribution in [3.05, 3.63) is 15.9 Å². The van der Waals surface area contributed by atoms with Gasteiger partial charge in [0.25, 0.3) is 0 Å². The lowest BCUT2D eigenvalue weighted by atomic mass is 10.0. The van der Waals surface area contributed by atoms with Gasteiger partial charge < -0.3 is 4.90 Å². The predicted molar refractivity (Wildman–Crippen MR) is 82.3 cm³/mol. The van der Waals surface area contributed by atoms with Crippen LogP contribution in [-0.2, 0) is 20.0 Å². The van der Waals surface area contributed by atoms with E-state index >= 15 is 0 Å². The number of hydrogen-bond donors (Lipinski definition) is 0. The van der Waals surface area contributed by atoms with Gasteiger partial charge in [-0.3, -0.25) is 9.58 Å². The molecule has 0 N–H and O–H groups in total. The van der Waals surface area contributed by atoms with Gasteiger partial charge in [-0.05, 0) is 55.8 Å². The molecule has 1 atom stereocenters. The first-order valence-electron chi connectivity index (χ1n) is 7.12. The lowest BCUT2D eigenvalue weighted by Gasteiger charge is -2.35. The molecule has 4 nitrogen and oxygen atoms in total. The summed E-state index contributed by atoms with van der Waals surface area (Å²) in [5.74, 6) is 0. The molecule has 19 heavy (non-hydrogen) atoms. The fourth-order valence-electron chi connectivity index (χ4n) is 2.86. The number of likely N-dealkylation sites (N-methyl/N-ethyl adjacent to an activating group) is 2. The first-order chi connectivity index (χ1) is 9.02. The van der Waals surface area contributed by atoms with Crippen LogP contribution in [0.3, 0.4) is 0 Å². The van der Waals surface area contributed by atoms with Crippen LogP contribution in [0.1, 0.15) is 31.2 Å². The minimum Gasteiger partial charge on any atom is -0.305 e. The molecule has 1 aromatic rings. The summed E-state index contributed by atoms with van der Waals surface area (Å²) in [5.41, 5.74) is 2.44. The maximum Gasteiger partial charge on any atom is 0.0767 e. The number of nitrogens with zero attached hydrogens (tertiary/aromatic N) is 4. The van der Waals surface area contributed by atoms with E-state index in [-0.39, 0.29) is 0 Å². The van der Waals surface area contributed by atoms with Crippen molar-refractivity contribution >= 4 is 15.9 Å². The Morgan fingerprint density at radius 2 is 2.16 bits per heavy atom. The van der Waals surface area contributed by atoms with Crippen molar-refractivity contribution < 1.29 is 0 Å². The van der Waals surface area contributed by atoms with Gasteiger partial charge in [-0.1, -0.05) is 6.92 Å². The van der Waals surface area contributed by atoms with E-state index in [2.05, 4.69) is 51.8 Å². The van der Waals surface area contributed by atoms with Crippen LogP contribution in [0.15, 0.2) is 4.47 Å². The van der Waals surface area contributed by atoms with Gasteiger partial charge in [0, 0.05) is 26.2 Å². The van der Waals surface area contributed by atoms with Gasteiger partial charge in [0.15, 0.2) is 0 Å². The predicted octanol–water partition coefficient (Wildman–Crippen LogP) is 2.27. The topological polar surface area (TPSA) is 24.3 Å². The molecule has 0 bridgehead atoms. The zero-order valence-corrected chi connectivity index (χ0v) is 14.1. The molecule has 0 spiro atoms. The van der Waals surface area contributed by atoms with E-state index in [1.54, 1.807) is 0 Å². The van der Waals surface area contributed by atoms with Crippen LogP contribution in [0.2, 0.25) is 0 Å². The first kappa shape index (κ1) is 15.0. The summed E-state index contributed by atoms with van der Waals surface area (Å²) >= 11 is 3.71. The van der Waals surface area contributed by atoms with Gasteiger partial charge in [0.05, 0.1) is 15.9 Å². The monoisotopic (exact) mass is 328 g/mol. The van der Waals surface area contributed by atoms with Gasteiger partial charge in [0.2, 0.25) is 0 Å². The van der Waals surface area contributed by atoms with Crippen LogP contribution < -0.4 is 0 Å². The summed E-state index contributed by atoms with van der Waals surface area (Å²) in [5, 5.41) is 4.57. The third kappa shape index (κ3) is 3.38. The second-order valence-corrected chi connectivity index (χ2v) is 6.45. The minimum atomic E-state index is 0.658. The summed E-state index contributed by atoms with van der Waals surface area (Å²) in [6.07, 6.45) is 3.58. The molecule has 1 aromatic heterocycles. The fourth-order valence-corrected chi connectivity index (χ4v) is 3.60. The Balaban J connectivity index is 2.06. The molecule has 1 unspecified atom stereocenters. The Morgan fingerprint density at radius 3 is 2.74 bits per heavy atom. The number of piperidine rings is 1. The van der Waals surface area contributed by atoms with Gasteiger partial charge in [-0.15, -0.1) is 0 Å². The van der Waals surface area contributed by atoms with Crippen molar-refractivity contribution in [3.63, 3.8) is 0 Å². The highest BCUT2D eigenvalue weighted by Crippen LogP contribution is 2.24. The largest absolute Gasteiger partial charge is 0.305 e. The van der Waals surface area contributed by atoms with Crippen molar-refractivity contribution in [3.8, 4) is 0 Å². The van der Waals surface area contributed by atoms with Crippen LogP contribution in [0, 0.1) is 0 Å². The van der Waals surface area contributed by atoms with Crippen LogP contribution >= 0.6 is 15.9 Å². The van der Waals surface area contributed by atoms with Gasteiger partial charge >= 0.3 is 0 Å². The van der Waals surface area contributed by atoms with Crippen molar-refractivity contribution in [2.24, 2.45) is 7.05 Å². The molecular weight excluding hydrogens is 304 g/mol. The zero-order chi connectivity index (χ0) is 14.0. The number of hydrogen-bond acceptors (Lipinski definition) is 3. The molecule has 1 aliphatic rings. The van der Waals surface area contributed by atoms with E-state index in [0.29, 0.717) is 6.04 Å². The second kappa shape index (κ2) is 6.37. The molecule has 0 aliphatic carbocycles. The SMILES string of the molecule is CCc1nn(C)c(CN(C)C2CCCN(C)C2)c1Br. The average Bonchev–Trinajstić information content (AvgIpc) is 2.66. The first-order valence-corrected chi connectivity index (χ1v) is 7.91. The molecule has 108 valence electrons. The lowest BCUT2D eigenvalue weighted by Crippen LogP contribution is -2.44. The highest BCUT2D eigenvalue weighted by Gasteiger charge is 2.23. The molecule has 0 amide bonds. The number of rotatable bonds is 4. The summed E-state index contributed by atoms with van der Waals surface area (Å²) < 4.78 is 3.21. The molecule has 1 fully saturated rings. The van der Waals surface area contributed by atoms with E-state index in [1.165, 1.54) is 36.1 Å². The summed E-state index contributed by atoms with van der Waals surface area (Å²) in [6.45, 7) is 5.52. The average molecular weight is 329 g/mol. The van der Waals surface area contributed by atoms with Crippen molar-refractivity contribution in [1.29, 1.82) is 0 Å². The second-order valence-electron chi connectivity index (χ2n) is 5.66. The van der Waals surface area contributed by atoms with E-state index in [1.807, 2.05) is 11.7 Å². The van der Waals surface area contributed by atoms with Gasteiger partial charge in [-0.25, -0.2) is 0 Å². The highest BCUT2D eigenvalue weighted by atomic mass is 79.9. The Bertz CT molecular complexity index is 429. The molecular formula is C14H25BrN4. The summed E-state index contributed by atoms with van der Waals surface area (Å²) in [7, 11) is 6.49. The molecule has 2 rings (SSSR count). The third-order valence-electron chi connectivity index (χ3n) is 4.13. The Kier molecular flexibility index (Phi) is 5.03. The van der Waals surface area contributed by atoms with E-state index in [0.717, 1.165) is 18.7 Å². The maximum atomic E-state index is 4.57. The quantitative estimate of drug-likeness (QED) is 0.847. The molecule has 1 aliphatic heterocycles. The summed E-state index contributed by atoms with van der Waals surface area (Å²) in [6, 6.07) is 0.658. The van der Waals surface area contributed by atoms with Crippen LogP contribution in [-0.4, -0.2) is 52.8 Å². The minimum absolute atomic E-state index is 0.658. The molecule has 0 radical (unpaired) electrons. The van der Waals surface area contributed by atoms with Crippen molar-refractivity contribution in [1.82, 2.24) is 19.6 Å². The Hall–Kier alpha value is -0.390. The van der Waals surface area contributed by atoms with E-state index < -0.39 is 0 Å². The van der Waals surface area contributed by atoms with Crippen molar-refractivity contribution in [2.45, 2.75) is 38.8 Å². The molecule has 0 aromatic carbocycles. The molecule has 1 saturated heterocycles. The maximum absolute atomic E-state index is 4.57. The molecule has 0 saturated carbocycles. The van der Waals surface area contributed by atoms with Crippen LogP contribution in [0.25, 0.3) is 0 Å². The zero-order valence-electron chi connectivity index (χ0n) is 12.5. The Labute approximate surface area is 124 Å². The number of likely N-dealkylation sites (tertiary alicyclic amines) is 1. The number of aromatic nitrogens is 2. The Morgan fingerprint density at radius 1 is 1.42 bits per heavy atom. The van der Waals surface area contributed by atoms with Crippen LogP contribution in [0.4, 0.5) is 0 Å². The number of halogens is 1. The van der Waals surface area contributed by atoms with Crippen molar-refractivity contribution in [2.75, 3.05) is 27.2 Å². The molecule has 2 heterocycles. The van der Waals surface area contributed by atoms with E-state index in [4.69, 9.17) is 0 Å². The lowest BCUT2D eigenvalue weighted by molar-refractivity contribution is 0.127. The van der Waals surface area contributed by atoms with Crippen LogP contribution in [0.5, 0.6) is 0 Å². The number of aryl methyl sites for hydroxylation is 2. The fraction of sp³-hybridized carbons (Fsp3) is 0.786. The van der Waals surface area contributed by atoms with Gasteiger partial charge in [-0.2, -0.15) is 5.10 Å². The summed E-state index contributed by atoms with van der Waals surface area (Å²) in [4.78, 5) is 4.90. The third-order valence-corrected chi connectivity index (χ3v) is 5.04. The molecule has 5 heteroatoms. The highest BCUT2D eigenvalue weighted by molar-refractivity contribution is 9.10.